The molecular formula is C25H32ClN3O3S. The van der Waals surface area contributed by atoms with Crippen LogP contribution in [0.2, 0.25) is 5.02 Å². The van der Waals surface area contributed by atoms with Gasteiger partial charge in [0.25, 0.3) is 5.91 Å². The van der Waals surface area contributed by atoms with Crippen molar-refractivity contribution in [2.24, 2.45) is 0 Å². The van der Waals surface area contributed by atoms with Crippen molar-refractivity contribution < 1.29 is 13.2 Å². The summed E-state index contributed by atoms with van der Waals surface area (Å²) >= 11 is 6.22. The Kier molecular flexibility index (Phi) is 8.07. The fraction of sp³-hybridized carbons (Fsp3) is 0.480. The molecule has 2 aliphatic heterocycles. The molecule has 6 nitrogen and oxygen atoms in total. The molecule has 1 N–H and O–H groups in total. The van der Waals surface area contributed by atoms with E-state index in [1.54, 1.807) is 6.07 Å². The Bertz CT molecular complexity index is 1060. The van der Waals surface area contributed by atoms with Gasteiger partial charge in [-0.3, -0.25) is 9.69 Å². The minimum Gasteiger partial charge on any atom is -0.348 e. The maximum Gasteiger partial charge on any atom is 0.251 e. The highest BCUT2D eigenvalue weighted by Gasteiger charge is 2.28. The van der Waals surface area contributed by atoms with Crippen LogP contribution < -0.4 is 5.32 Å². The van der Waals surface area contributed by atoms with Crippen molar-refractivity contribution in [3.8, 4) is 0 Å². The van der Waals surface area contributed by atoms with E-state index in [-0.39, 0.29) is 21.4 Å². The van der Waals surface area contributed by atoms with Gasteiger partial charge in [0.15, 0.2) is 0 Å². The zero-order chi connectivity index (χ0) is 23.3. The molecule has 0 aliphatic carbocycles. The highest BCUT2D eigenvalue weighted by Crippen LogP contribution is 2.28. The van der Waals surface area contributed by atoms with Gasteiger partial charge in [0.05, 0.1) is 5.02 Å². The number of carbonyl (C=O) groups excluding carboxylic acids is 1. The first-order chi connectivity index (χ1) is 15.9. The molecule has 2 saturated heterocycles. The number of sulfonamides is 1. The van der Waals surface area contributed by atoms with Crippen molar-refractivity contribution in [1.29, 1.82) is 0 Å². The van der Waals surface area contributed by atoms with Crippen molar-refractivity contribution in [3.05, 3.63) is 64.2 Å². The van der Waals surface area contributed by atoms with Crippen LogP contribution in [-0.2, 0) is 23.1 Å². The third-order valence-corrected chi connectivity index (χ3v) is 8.84. The van der Waals surface area contributed by atoms with Gasteiger partial charge in [-0.25, -0.2) is 8.42 Å². The van der Waals surface area contributed by atoms with Crippen LogP contribution in [0.3, 0.4) is 0 Å². The van der Waals surface area contributed by atoms with E-state index in [2.05, 4.69) is 22.3 Å². The van der Waals surface area contributed by atoms with Crippen LogP contribution in [0.1, 0.15) is 60.0 Å². The number of piperidine rings is 2. The van der Waals surface area contributed by atoms with Crippen molar-refractivity contribution in [3.63, 3.8) is 0 Å². The molecule has 178 valence electrons. The fourth-order valence-corrected chi connectivity index (χ4v) is 6.53. The Morgan fingerprint density at radius 2 is 1.45 bits per heavy atom. The van der Waals surface area contributed by atoms with Gasteiger partial charge in [-0.15, -0.1) is 0 Å². The molecule has 0 bridgehead atoms. The first kappa shape index (κ1) is 24.2. The number of nitrogens with one attached hydrogen (secondary N) is 1. The van der Waals surface area contributed by atoms with Gasteiger partial charge in [-0.1, -0.05) is 48.7 Å². The molecule has 4 rings (SSSR count). The van der Waals surface area contributed by atoms with E-state index >= 15 is 0 Å². The van der Waals surface area contributed by atoms with Crippen molar-refractivity contribution in [2.45, 2.75) is 56.5 Å². The van der Waals surface area contributed by atoms with Crippen molar-refractivity contribution in [2.75, 3.05) is 26.2 Å². The minimum atomic E-state index is -3.72. The topological polar surface area (TPSA) is 69.7 Å². The molecule has 2 fully saturated rings. The Balaban J connectivity index is 1.38. The average Bonchev–Trinajstić information content (AvgIpc) is 2.85. The predicted molar refractivity (Wildman–Crippen MR) is 131 cm³/mol. The summed E-state index contributed by atoms with van der Waals surface area (Å²) in [4.78, 5) is 15.2. The number of benzene rings is 2. The van der Waals surface area contributed by atoms with E-state index in [0.717, 1.165) is 44.5 Å². The number of likely N-dealkylation sites (tertiary alicyclic amines) is 1. The summed E-state index contributed by atoms with van der Waals surface area (Å²) in [5, 5.41) is 3.03. The van der Waals surface area contributed by atoms with E-state index in [1.165, 1.54) is 41.3 Å². The minimum absolute atomic E-state index is 0.000724. The molecule has 0 atom stereocenters. The van der Waals surface area contributed by atoms with E-state index in [1.807, 2.05) is 12.1 Å². The average molecular weight is 490 g/mol. The summed E-state index contributed by atoms with van der Waals surface area (Å²) in [7, 11) is -3.72. The molecule has 0 radical (unpaired) electrons. The molecule has 2 aromatic carbocycles. The van der Waals surface area contributed by atoms with Crippen molar-refractivity contribution >= 4 is 27.5 Å². The molecule has 2 heterocycles. The van der Waals surface area contributed by atoms with Gasteiger partial charge < -0.3 is 5.32 Å². The SMILES string of the molecule is O=C(NCc1ccc(CN2CCCCC2)cc1)c1ccc(Cl)c(S(=O)(=O)N2CCCCC2)c1. The number of hydrogen-bond acceptors (Lipinski definition) is 4. The van der Waals surface area contributed by atoms with E-state index in [4.69, 9.17) is 11.6 Å². The number of halogens is 1. The van der Waals surface area contributed by atoms with Gasteiger partial charge in [-0.05, 0) is 68.1 Å². The lowest BCUT2D eigenvalue weighted by atomic mass is 10.1. The molecule has 0 unspecified atom stereocenters. The van der Waals surface area contributed by atoms with Crippen LogP contribution in [-0.4, -0.2) is 49.7 Å². The molecule has 0 aromatic heterocycles. The number of amides is 1. The van der Waals surface area contributed by atoms with Gasteiger partial charge in [0.2, 0.25) is 10.0 Å². The summed E-state index contributed by atoms with van der Waals surface area (Å²) in [6, 6.07) is 12.7. The standard InChI is InChI=1S/C25H32ClN3O3S/c26-23-12-11-22(17-24(23)33(31,32)29-15-5-2-6-16-29)25(30)27-18-20-7-9-21(10-8-20)19-28-13-3-1-4-14-28/h7-12,17H,1-6,13-16,18-19H2,(H,27,30). The lowest BCUT2D eigenvalue weighted by molar-refractivity contribution is 0.0950. The second-order valence-electron chi connectivity index (χ2n) is 8.95. The molecule has 2 aromatic rings. The quantitative estimate of drug-likeness (QED) is 0.624. The highest BCUT2D eigenvalue weighted by atomic mass is 35.5. The summed E-state index contributed by atoms with van der Waals surface area (Å²) in [5.41, 5.74) is 2.56. The first-order valence-electron chi connectivity index (χ1n) is 11.8. The Hall–Kier alpha value is -1.93. The zero-order valence-electron chi connectivity index (χ0n) is 18.9. The Morgan fingerprint density at radius 3 is 2.12 bits per heavy atom. The summed E-state index contributed by atoms with van der Waals surface area (Å²) in [6.07, 6.45) is 6.59. The monoisotopic (exact) mass is 489 g/mol. The Morgan fingerprint density at radius 1 is 0.848 bits per heavy atom. The van der Waals surface area contributed by atoms with E-state index in [0.29, 0.717) is 19.6 Å². The van der Waals surface area contributed by atoms with Crippen LogP contribution in [0.15, 0.2) is 47.4 Å². The van der Waals surface area contributed by atoms with Gasteiger partial charge in [-0.2, -0.15) is 4.31 Å². The Labute approximate surface area is 202 Å². The lowest BCUT2D eigenvalue weighted by Gasteiger charge is -2.26. The van der Waals surface area contributed by atoms with Crippen LogP contribution in [0.4, 0.5) is 0 Å². The molecule has 1 amide bonds. The molecule has 0 saturated carbocycles. The third-order valence-electron chi connectivity index (χ3n) is 6.46. The van der Waals surface area contributed by atoms with Gasteiger partial charge in [0.1, 0.15) is 4.90 Å². The number of hydrogen-bond donors (Lipinski definition) is 1. The summed E-state index contributed by atoms with van der Waals surface area (Å²) in [5.74, 6) is -0.320. The van der Waals surface area contributed by atoms with Crippen LogP contribution in [0.25, 0.3) is 0 Å². The zero-order valence-corrected chi connectivity index (χ0v) is 20.5. The maximum absolute atomic E-state index is 13.0. The van der Waals surface area contributed by atoms with E-state index < -0.39 is 10.0 Å². The molecule has 2 aliphatic rings. The molecule has 0 spiro atoms. The van der Waals surface area contributed by atoms with Crippen LogP contribution >= 0.6 is 11.6 Å². The third kappa shape index (κ3) is 6.15. The summed E-state index contributed by atoms with van der Waals surface area (Å²) < 4.78 is 27.5. The second kappa shape index (κ2) is 11.0. The molecule has 33 heavy (non-hydrogen) atoms. The fourth-order valence-electron chi connectivity index (χ4n) is 4.51. The maximum atomic E-state index is 13.0. The lowest BCUT2D eigenvalue weighted by Crippen LogP contribution is -2.36. The number of rotatable bonds is 7. The van der Waals surface area contributed by atoms with Crippen LogP contribution in [0.5, 0.6) is 0 Å². The van der Waals surface area contributed by atoms with Crippen molar-refractivity contribution in [1.82, 2.24) is 14.5 Å². The van der Waals surface area contributed by atoms with Gasteiger partial charge >= 0.3 is 0 Å². The van der Waals surface area contributed by atoms with Crippen LogP contribution in [0, 0.1) is 0 Å². The largest absolute Gasteiger partial charge is 0.348 e. The first-order valence-corrected chi connectivity index (χ1v) is 13.6. The predicted octanol–water partition coefficient (Wildman–Crippen LogP) is 4.43. The summed E-state index contributed by atoms with van der Waals surface area (Å²) in [6.45, 7) is 4.64. The normalized spacial score (nSPS) is 18.2. The highest BCUT2D eigenvalue weighted by molar-refractivity contribution is 7.89. The molecule has 8 heteroatoms. The smallest absolute Gasteiger partial charge is 0.251 e. The number of carbonyl (C=O) groups is 1. The van der Waals surface area contributed by atoms with E-state index in [9.17, 15) is 13.2 Å². The van der Waals surface area contributed by atoms with Gasteiger partial charge in [0, 0.05) is 31.7 Å². The number of nitrogens with zero attached hydrogens (tertiary/aromatic N) is 2. The second-order valence-corrected chi connectivity index (χ2v) is 11.3. The molecular weight excluding hydrogens is 458 g/mol.